The Morgan fingerprint density at radius 2 is 2.00 bits per heavy atom. The van der Waals surface area contributed by atoms with E-state index >= 15 is 0 Å². The number of rotatable bonds is 6. The van der Waals surface area contributed by atoms with Crippen LogP contribution in [0.2, 0.25) is 0 Å². The summed E-state index contributed by atoms with van der Waals surface area (Å²) in [5, 5.41) is 15.1. The van der Waals surface area contributed by atoms with E-state index in [9.17, 15) is 13.2 Å². The zero-order valence-corrected chi connectivity index (χ0v) is 19.1. The van der Waals surface area contributed by atoms with E-state index in [-0.39, 0.29) is 16.3 Å². The standard InChI is InChI=1S/C21H26N6O4S/c1-13-19(15(3)31-25-13)32(29,30)26-14(2)21(28)22-17-9-7-8-16(12-17)20-24-23-18-10-5-4-6-11-27(18)20/h7-9,12,14,26H,4-6,10-11H2,1-3H3,(H,22,28). The van der Waals surface area contributed by atoms with Crippen molar-refractivity contribution in [1.82, 2.24) is 24.6 Å². The summed E-state index contributed by atoms with van der Waals surface area (Å²) in [6, 6.07) is 6.29. The van der Waals surface area contributed by atoms with Crippen LogP contribution < -0.4 is 10.0 Å². The highest BCUT2D eigenvalue weighted by atomic mass is 32.2. The fraction of sp³-hybridized carbons (Fsp3) is 0.429. The lowest BCUT2D eigenvalue weighted by Gasteiger charge is -2.15. The quantitative estimate of drug-likeness (QED) is 0.580. The van der Waals surface area contributed by atoms with Gasteiger partial charge in [-0.2, -0.15) is 4.72 Å². The minimum absolute atomic E-state index is 0.0494. The van der Waals surface area contributed by atoms with Crippen LogP contribution in [-0.4, -0.2) is 40.3 Å². The van der Waals surface area contributed by atoms with E-state index in [1.54, 1.807) is 6.07 Å². The number of aromatic nitrogens is 4. The number of nitrogens with one attached hydrogen (secondary N) is 2. The van der Waals surface area contributed by atoms with Gasteiger partial charge >= 0.3 is 0 Å². The number of amides is 1. The Labute approximate surface area is 186 Å². The van der Waals surface area contributed by atoms with Crippen LogP contribution in [0, 0.1) is 13.8 Å². The van der Waals surface area contributed by atoms with Crippen molar-refractivity contribution in [3.63, 3.8) is 0 Å². The van der Waals surface area contributed by atoms with Crippen LogP contribution in [-0.2, 0) is 27.8 Å². The molecule has 1 aliphatic rings. The van der Waals surface area contributed by atoms with Crippen molar-refractivity contribution in [2.45, 2.75) is 63.9 Å². The molecule has 10 nitrogen and oxygen atoms in total. The normalized spacial score (nSPS) is 15.1. The van der Waals surface area contributed by atoms with E-state index in [4.69, 9.17) is 4.52 Å². The molecule has 1 aromatic carbocycles. The first-order valence-electron chi connectivity index (χ1n) is 10.5. The zero-order valence-electron chi connectivity index (χ0n) is 18.3. The van der Waals surface area contributed by atoms with Crippen molar-refractivity contribution >= 4 is 21.6 Å². The Hall–Kier alpha value is -3.05. The SMILES string of the molecule is Cc1noc(C)c1S(=O)(=O)NC(C)C(=O)Nc1cccc(-c2nnc3n2CCCCC3)c1. The summed E-state index contributed by atoms with van der Waals surface area (Å²) in [5.41, 5.74) is 1.62. The van der Waals surface area contributed by atoms with Gasteiger partial charge in [-0.15, -0.1) is 10.2 Å². The number of carbonyl (C=O) groups excluding carboxylic acids is 1. The van der Waals surface area contributed by atoms with Crippen molar-refractivity contribution in [3.05, 3.63) is 41.5 Å². The Morgan fingerprint density at radius 3 is 2.75 bits per heavy atom. The summed E-state index contributed by atoms with van der Waals surface area (Å²) in [6.45, 7) is 5.39. The van der Waals surface area contributed by atoms with Crippen molar-refractivity contribution < 1.29 is 17.7 Å². The Bertz CT molecular complexity index is 1230. The van der Waals surface area contributed by atoms with Gasteiger partial charge in [-0.25, -0.2) is 8.42 Å². The smallest absolute Gasteiger partial charge is 0.246 e. The molecule has 0 bridgehead atoms. The molecule has 3 heterocycles. The number of carbonyl (C=O) groups is 1. The van der Waals surface area contributed by atoms with Crippen LogP contribution in [0.5, 0.6) is 0 Å². The third kappa shape index (κ3) is 4.44. The van der Waals surface area contributed by atoms with Crippen LogP contribution in [0.15, 0.2) is 33.7 Å². The molecule has 1 atom stereocenters. The van der Waals surface area contributed by atoms with Gasteiger partial charge in [-0.3, -0.25) is 4.79 Å². The molecule has 2 aromatic heterocycles. The van der Waals surface area contributed by atoms with Crippen LogP contribution in [0.25, 0.3) is 11.4 Å². The fourth-order valence-electron chi connectivity index (χ4n) is 3.89. The molecule has 0 spiro atoms. The number of aryl methyl sites for hydroxylation is 3. The summed E-state index contributed by atoms with van der Waals surface area (Å²) in [4.78, 5) is 12.6. The highest BCUT2D eigenvalue weighted by molar-refractivity contribution is 7.89. The fourth-order valence-corrected chi connectivity index (χ4v) is 5.42. The van der Waals surface area contributed by atoms with Crippen molar-refractivity contribution in [1.29, 1.82) is 0 Å². The van der Waals surface area contributed by atoms with E-state index in [2.05, 4.69) is 30.0 Å². The summed E-state index contributed by atoms with van der Waals surface area (Å²) in [5.74, 6) is 1.43. The second-order valence-electron chi connectivity index (χ2n) is 7.97. The predicted octanol–water partition coefficient (Wildman–Crippen LogP) is 2.58. The molecule has 0 fully saturated rings. The molecule has 0 radical (unpaired) electrons. The molecule has 0 saturated carbocycles. The first kappa shape index (κ1) is 22.2. The van der Waals surface area contributed by atoms with Gasteiger partial charge in [0.05, 0.1) is 6.04 Å². The number of hydrogen-bond donors (Lipinski definition) is 2. The third-order valence-corrected chi connectivity index (χ3v) is 7.24. The minimum Gasteiger partial charge on any atom is -0.360 e. The maximum atomic E-state index is 12.7. The molecule has 1 amide bonds. The minimum atomic E-state index is -3.96. The van der Waals surface area contributed by atoms with Crippen LogP contribution in [0.4, 0.5) is 5.69 Å². The van der Waals surface area contributed by atoms with Crippen molar-refractivity contribution in [2.75, 3.05) is 5.32 Å². The molecule has 32 heavy (non-hydrogen) atoms. The number of hydrogen-bond acceptors (Lipinski definition) is 7. The lowest BCUT2D eigenvalue weighted by Crippen LogP contribution is -2.41. The van der Waals surface area contributed by atoms with Crippen molar-refractivity contribution in [3.8, 4) is 11.4 Å². The van der Waals surface area contributed by atoms with E-state index in [0.29, 0.717) is 5.69 Å². The second kappa shape index (κ2) is 8.83. The Balaban J connectivity index is 1.49. The lowest BCUT2D eigenvalue weighted by atomic mass is 10.1. The van der Waals surface area contributed by atoms with Crippen LogP contribution >= 0.6 is 0 Å². The van der Waals surface area contributed by atoms with E-state index < -0.39 is 22.0 Å². The van der Waals surface area contributed by atoms with E-state index in [0.717, 1.165) is 43.0 Å². The molecule has 1 unspecified atom stereocenters. The molecule has 0 saturated heterocycles. The maximum Gasteiger partial charge on any atom is 0.246 e. The summed E-state index contributed by atoms with van der Waals surface area (Å²) < 4.78 is 34.8. The predicted molar refractivity (Wildman–Crippen MR) is 117 cm³/mol. The van der Waals surface area contributed by atoms with Crippen LogP contribution in [0.3, 0.4) is 0 Å². The molecule has 0 aliphatic carbocycles. The maximum absolute atomic E-state index is 12.7. The monoisotopic (exact) mass is 458 g/mol. The number of benzene rings is 1. The largest absolute Gasteiger partial charge is 0.360 e. The molecule has 2 N–H and O–H groups in total. The number of anilines is 1. The van der Waals surface area contributed by atoms with E-state index in [1.807, 2.05) is 18.2 Å². The van der Waals surface area contributed by atoms with Crippen molar-refractivity contribution in [2.24, 2.45) is 0 Å². The molecule has 4 rings (SSSR count). The van der Waals surface area contributed by atoms with Gasteiger partial charge in [0.1, 0.15) is 16.4 Å². The number of sulfonamides is 1. The van der Waals surface area contributed by atoms with E-state index in [1.165, 1.54) is 27.2 Å². The Kier molecular flexibility index (Phi) is 6.11. The second-order valence-corrected chi connectivity index (χ2v) is 9.62. The summed E-state index contributed by atoms with van der Waals surface area (Å²) in [7, 11) is -3.96. The molecule has 1 aliphatic heterocycles. The average molecular weight is 459 g/mol. The lowest BCUT2D eigenvalue weighted by molar-refractivity contribution is -0.117. The number of nitrogens with zero attached hydrogens (tertiary/aromatic N) is 4. The molecular weight excluding hydrogens is 432 g/mol. The van der Waals surface area contributed by atoms with Gasteiger partial charge in [0, 0.05) is 24.2 Å². The highest BCUT2D eigenvalue weighted by Gasteiger charge is 2.28. The summed E-state index contributed by atoms with van der Waals surface area (Å²) >= 11 is 0. The first-order chi connectivity index (χ1) is 15.3. The third-order valence-electron chi connectivity index (χ3n) is 5.46. The zero-order chi connectivity index (χ0) is 22.9. The topological polar surface area (TPSA) is 132 Å². The number of fused-ring (bicyclic) bond motifs is 1. The highest BCUT2D eigenvalue weighted by Crippen LogP contribution is 2.25. The summed E-state index contributed by atoms with van der Waals surface area (Å²) in [6.07, 6.45) is 4.26. The molecule has 3 aromatic rings. The average Bonchev–Trinajstić information content (AvgIpc) is 3.22. The Morgan fingerprint density at radius 1 is 1.19 bits per heavy atom. The van der Waals surface area contributed by atoms with Crippen LogP contribution in [0.1, 0.15) is 43.5 Å². The van der Waals surface area contributed by atoms with Gasteiger partial charge in [-0.05, 0) is 45.7 Å². The van der Waals surface area contributed by atoms with Gasteiger partial charge in [0.25, 0.3) is 0 Å². The molecule has 170 valence electrons. The first-order valence-corrected chi connectivity index (χ1v) is 12.0. The van der Waals surface area contributed by atoms with Gasteiger partial charge in [0.15, 0.2) is 11.6 Å². The van der Waals surface area contributed by atoms with Gasteiger partial charge < -0.3 is 14.4 Å². The molecular formula is C21H26N6O4S. The van der Waals surface area contributed by atoms with Gasteiger partial charge in [0.2, 0.25) is 15.9 Å². The molecule has 11 heteroatoms. The van der Waals surface area contributed by atoms with Gasteiger partial charge in [-0.1, -0.05) is 23.7 Å².